The van der Waals surface area contributed by atoms with Crippen molar-refractivity contribution >= 4 is 38.4 Å². The fraction of sp³-hybridized carbons (Fsp3) is 0.600. The Labute approximate surface area is 174 Å². The Kier molecular flexibility index (Phi) is 6.07. The number of aliphatic hydroxyl groups excluding tert-OH is 1. The van der Waals surface area contributed by atoms with Crippen molar-refractivity contribution in [3.8, 4) is 5.75 Å². The molecule has 2 aliphatic rings. The third-order valence-electron chi connectivity index (χ3n) is 5.91. The fourth-order valence-electron chi connectivity index (χ4n) is 4.15. The number of anilines is 2. The number of ether oxygens (including phenoxy) is 2. The summed E-state index contributed by atoms with van der Waals surface area (Å²) in [7, 11) is 3.44. The van der Waals surface area contributed by atoms with Crippen LogP contribution < -0.4 is 15.0 Å². The number of nitrogens with zero attached hydrogens (tertiary/aromatic N) is 3. The summed E-state index contributed by atoms with van der Waals surface area (Å²) in [6.07, 6.45) is 2.72. The van der Waals surface area contributed by atoms with E-state index in [4.69, 9.17) is 9.47 Å². The molecule has 4 rings (SSSR count). The van der Waals surface area contributed by atoms with Crippen LogP contribution in [0.5, 0.6) is 5.75 Å². The summed E-state index contributed by atoms with van der Waals surface area (Å²) in [5.41, 5.74) is 1.86. The molecule has 29 heavy (non-hydrogen) atoms. The summed E-state index contributed by atoms with van der Waals surface area (Å²) < 4.78 is 12.0. The highest BCUT2D eigenvalue weighted by Crippen LogP contribution is 2.40. The maximum Gasteiger partial charge on any atom is 0.323 e. The van der Waals surface area contributed by atoms with E-state index in [1.165, 1.54) is 11.3 Å². The zero-order valence-corrected chi connectivity index (χ0v) is 17.7. The highest BCUT2D eigenvalue weighted by molar-refractivity contribution is 7.23. The van der Waals surface area contributed by atoms with E-state index < -0.39 is 0 Å². The predicted octanol–water partition coefficient (Wildman–Crippen LogP) is 2.77. The van der Waals surface area contributed by atoms with E-state index in [-0.39, 0.29) is 24.6 Å². The summed E-state index contributed by atoms with van der Waals surface area (Å²) in [5, 5.41) is 12.9. The monoisotopic (exact) mass is 420 g/mol. The first-order valence-corrected chi connectivity index (χ1v) is 10.9. The average Bonchev–Trinajstić information content (AvgIpc) is 3.40. The van der Waals surface area contributed by atoms with E-state index >= 15 is 0 Å². The quantitative estimate of drug-likeness (QED) is 0.774. The van der Waals surface area contributed by atoms with Crippen molar-refractivity contribution in [1.29, 1.82) is 0 Å². The van der Waals surface area contributed by atoms with Crippen molar-refractivity contribution < 1.29 is 19.4 Å². The van der Waals surface area contributed by atoms with Crippen LogP contribution in [0, 0.1) is 5.92 Å². The highest BCUT2D eigenvalue weighted by Gasteiger charge is 2.30. The summed E-state index contributed by atoms with van der Waals surface area (Å²) >= 11 is 1.47. The lowest BCUT2D eigenvalue weighted by Gasteiger charge is -2.29. The number of amides is 2. The second-order valence-electron chi connectivity index (χ2n) is 7.64. The van der Waals surface area contributed by atoms with E-state index in [2.05, 4.69) is 21.3 Å². The van der Waals surface area contributed by atoms with E-state index in [1.54, 1.807) is 12.0 Å². The third kappa shape index (κ3) is 4.12. The molecule has 1 aliphatic heterocycles. The first-order chi connectivity index (χ1) is 14.1. The van der Waals surface area contributed by atoms with E-state index in [0.29, 0.717) is 24.1 Å². The van der Waals surface area contributed by atoms with Gasteiger partial charge in [0.15, 0.2) is 5.13 Å². The lowest BCUT2D eigenvalue weighted by molar-refractivity contribution is 0.123. The highest BCUT2D eigenvalue weighted by atomic mass is 32.1. The lowest BCUT2D eigenvalue weighted by Crippen LogP contribution is -2.38. The van der Waals surface area contributed by atoms with E-state index in [1.807, 2.05) is 13.1 Å². The maximum atomic E-state index is 12.8. The Balaban J connectivity index is 1.55. The molecule has 1 aliphatic carbocycles. The topological polar surface area (TPSA) is 87.2 Å². The number of methoxy groups -OCH3 is 1. The van der Waals surface area contributed by atoms with Gasteiger partial charge in [-0.1, -0.05) is 11.3 Å². The summed E-state index contributed by atoms with van der Waals surface area (Å²) in [5.74, 6) is 0.988. The minimum absolute atomic E-state index is 0.153. The molecule has 0 unspecified atom stereocenters. The minimum atomic E-state index is -0.167. The number of carbonyl (C=O) groups excluding carboxylic acids is 1. The van der Waals surface area contributed by atoms with Crippen LogP contribution in [0.15, 0.2) is 12.1 Å². The molecule has 1 aromatic heterocycles. The van der Waals surface area contributed by atoms with E-state index in [9.17, 15) is 9.90 Å². The normalized spacial score (nSPS) is 22.1. The molecule has 1 saturated carbocycles. The molecular weight excluding hydrogens is 392 g/mol. The van der Waals surface area contributed by atoms with Crippen LogP contribution in [-0.4, -0.2) is 74.1 Å². The van der Waals surface area contributed by atoms with Gasteiger partial charge in [0.05, 0.1) is 30.7 Å². The zero-order valence-electron chi connectivity index (χ0n) is 16.9. The van der Waals surface area contributed by atoms with Crippen LogP contribution in [0.4, 0.5) is 15.6 Å². The van der Waals surface area contributed by atoms with Gasteiger partial charge >= 0.3 is 6.03 Å². The van der Waals surface area contributed by atoms with Gasteiger partial charge in [-0.25, -0.2) is 9.78 Å². The molecule has 0 bridgehead atoms. The van der Waals surface area contributed by atoms with Crippen LogP contribution in [-0.2, 0) is 4.74 Å². The first kappa shape index (κ1) is 20.2. The Morgan fingerprint density at radius 3 is 2.90 bits per heavy atom. The van der Waals surface area contributed by atoms with Gasteiger partial charge in [0.1, 0.15) is 11.3 Å². The SMILES string of the molecule is COc1ccc(N2CCOCC2)c2sc(NC(=O)N(C)[C@@H]3CC[C@H](CO)C3)nc12. The van der Waals surface area contributed by atoms with Gasteiger partial charge in [-0.2, -0.15) is 0 Å². The van der Waals surface area contributed by atoms with Crippen molar-refractivity contribution in [2.45, 2.75) is 25.3 Å². The molecule has 1 saturated heterocycles. The maximum absolute atomic E-state index is 12.8. The second kappa shape index (κ2) is 8.73. The summed E-state index contributed by atoms with van der Waals surface area (Å²) in [4.78, 5) is 21.5. The van der Waals surface area contributed by atoms with Gasteiger partial charge in [-0.3, -0.25) is 5.32 Å². The number of carbonyl (C=O) groups is 1. The van der Waals surface area contributed by atoms with Crippen LogP contribution in [0.2, 0.25) is 0 Å². The number of fused-ring (bicyclic) bond motifs is 1. The van der Waals surface area contributed by atoms with Crippen LogP contribution >= 0.6 is 11.3 Å². The van der Waals surface area contributed by atoms with Crippen molar-refractivity contribution in [3.63, 3.8) is 0 Å². The molecule has 0 radical (unpaired) electrons. The van der Waals surface area contributed by atoms with Crippen molar-refractivity contribution in [2.24, 2.45) is 5.92 Å². The van der Waals surface area contributed by atoms with Gasteiger partial charge in [-0.15, -0.1) is 0 Å². The van der Waals surface area contributed by atoms with Crippen molar-refractivity contribution in [2.75, 3.05) is 57.3 Å². The zero-order chi connectivity index (χ0) is 20.4. The van der Waals surface area contributed by atoms with Gasteiger partial charge in [0.2, 0.25) is 0 Å². The predicted molar refractivity (Wildman–Crippen MR) is 114 cm³/mol. The second-order valence-corrected chi connectivity index (χ2v) is 8.64. The van der Waals surface area contributed by atoms with Gasteiger partial charge in [0.25, 0.3) is 0 Å². The Bertz CT molecular complexity index is 868. The molecule has 2 atom stereocenters. The average molecular weight is 421 g/mol. The first-order valence-electron chi connectivity index (χ1n) is 10.1. The van der Waals surface area contributed by atoms with Gasteiger partial charge < -0.3 is 24.4 Å². The number of thiazole rings is 1. The van der Waals surface area contributed by atoms with Crippen LogP contribution in [0.25, 0.3) is 10.2 Å². The number of benzene rings is 1. The number of aliphatic hydroxyl groups is 1. The lowest BCUT2D eigenvalue weighted by atomic mass is 10.1. The molecule has 0 spiro atoms. The Morgan fingerprint density at radius 2 is 2.21 bits per heavy atom. The number of rotatable bonds is 5. The van der Waals surface area contributed by atoms with Crippen LogP contribution in [0.1, 0.15) is 19.3 Å². The molecule has 2 fully saturated rings. The molecule has 2 aromatic rings. The molecule has 2 N–H and O–H groups in total. The molecule has 158 valence electrons. The van der Waals surface area contributed by atoms with E-state index in [0.717, 1.165) is 48.3 Å². The van der Waals surface area contributed by atoms with Crippen molar-refractivity contribution in [3.05, 3.63) is 12.1 Å². The van der Waals surface area contributed by atoms with Gasteiger partial charge in [0, 0.05) is 32.8 Å². The largest absolute Gasteiger partial charge is 0.494 e. The molecule has 2 amide bonds. The molecule has 2 heterocycles. The Hall–Kier alpha value is -2.10. The molecular formula is C20H28N4O4S. The number of nitrogens with one attached hydrogen (secondary N) is 1. The third-order valence-corrected chi connectivity index (χ3v) is 6.90. The smallest absolute Gasteiger partial charge is 0.323 e. The fourth-order valence-corrected chi connectivity index (χ4v) is 5.17. The van der Waals surface area contributed by atoms with Crippen LogP contribution in [0.3, 0.4) is 0 Å². The van der Waals surface area contributed by atoms with Gasteiger partial charge in [-0.05, 0) is 37.3 Å². The number of morpholine rings is 1. The number of hydrogen-bond acceptors (Lipinski definition) is 7. The summed E-state index contributed by atoms with van der Waals surface area (Å²) in [6, 6.07) is 3.97. The number of urea groups is 1. The Morgan fingerprint density at radius 1 is 1.41 bits per heavy atom. The number of aromatic nitrogens is 1. The summed E-state index contributed by atoms with van der Waals surface area (Å²) in [6.45, 7) is 3.26. The molecule has 1 aromatic carbocycles. The minimum Gasteiger partial charge on any atom is -0.494 e. The molecule has 8 nitrogen and oxygen atoms in total. The molecule has 9 heteroatoms. The van der Waals surface area contributed by atoms with Crippen molar-refractivity contribution in [1.82, 2.24) is 9.88 Å². The standard InChI is InChI=1S/C20H28N4O4S/c1-23(14-4-3-13(11-14)12-25)20(26)22-19-21-17-16(27-2)6-5-15(18(17)29-19)24-7-9-28-10-8-24/h5-6,13-14,25H,3-4,7-12H2,1-2H3,(H,21,22,26)/t13-,14+/m0/s1. The number of hydrogen-bond donors (Lipinski definition) is 2.